The van der Waals surface area contributed by atoms with Crippen LogP contribution in [-0.2, 0) is 9.59 Å². The molecular formula is C21H31ClFN7O3. The summed E-state index contributed by atoms with van der Waals surface area (Å²) in [4.78, 5) is 35.9. The van der Waals surface area contributed by atoms with Crippen LogP contribution in [0.4, 0.5) is 16.0 Å². The van der Waals surface area contributed by atoms with E-state index in [0.717, 1.165) is 45.1 Å². The standard InChI is InChI=1S/C21H31ClFN7O3/c1-28-8-9-29(12-21(28)6-7-21)18-16(23)17(24-20(22)25-18)26-27-19(32)15(11-30(33)13-31)10-14-4-2-3-5-14/h13-15,33H,2-12H2,1H3,(H,27,32)(H,24,25,26)/t15-/m1/s1. The molecule has 2 aliphatic carbocycles. The smallest absolute Gasteiger partial charge is 0.243 e. The zero-order chi connectivity index (χ0) is 23.6. The summed E-state index contributed by atoms with van der Waals surface area (Å²) in [5, 5.41) is 9.95. The van der Waals surface area contributed by atoms with Crippen LogP contribution in [-0.4, -0.2) is 76.2 Å². The van der Waals surface area contributed by atoms with Gasteiger partial charge in [0.1, 0.15) is 0 Å². The van der Waals surface area contributed by atoms with Gasteiger partial charge in [0.05, 0.1) is 12.5 Å². The van der Waals surface area contributed by atoms with E-state index < -0.39 is 17.6 Å². The predicted molar refractivity (Wildman–Crippen MR) is 120 cm³/mol. The molecule has 4 rings (SSSR count). The molecule has 0 unspecified atom stereocenters. The average molecular weight is 484 g/mol. The summed E-state index contributed by atoms with van der Waals surface area (Å²) in [7, 11) is 2.08. The van der Waals surface area contributed by atoms with E-state index in [2.05, 4.69) is 32.8 Å². The van der Waals surface area contributed by atoms with Crippen molar-refractivity contribution in [3.05, 3.63) is 11.1 Å². The van der Waals surface area contributed by atoms with Crippen LogP contribution < -0.4 is 15.8 Å². The summed E-state index contributed by atoms with van der Waals surface area (Å²) >= 11 is 6.08. The molecule has 12 heteroatoms. The fraction of sp³-hybridized carbons (Fsp3) is 0.714. The highest BCUT2D eigenvalue weighted by molar-refractivity contribution is 6.28. The van der Waals surface area contributed by atoms with Gasteiger partial charge in [0.15, 0.2) is 11.6 Å². The number of hydrogen-bond acceptors (Lipinski definition) is 8. The molecule has 0 aromatic carbocycles. The third-order valence-electron chi connectivity index (χ3n) is 7.23. The Labute approximate surface area is 197 Å². The molecule has 10 nitrogen and oxygen atoms in total. The molecule has 1 aromatic heterocycles. The zero-order valence-corrected chi connectivity index (χ0v) is 19.5. The quantitative estimate of drug-likeness (QED) is 0.212. The van der Waals surface area contributed by atoms with Crippen LogP contribution in [0.5, 0.6) is 0 Å². The monoisotopic (exact) mass is 483 g/mol. The van der Waals surface area contributed by atoms with E-state index in [-0.39, 0.29) is 35.4 Å². The molecule has 0 radical (unpaired) electrons. The number of likely N-dealkylation sites (N-methyl/N-ethyl adjacent to an activating group) is 1. The maximum atomic E-state index is 15.3. The number of hydrogen-bond donors (Lipinski definition) is 3. The van der Waals surface area contributed by atoms with Gasteiger partial charge in [-0.2, -0.15) is 14.4 Å². The molecule has 3 aliphatic rings. The van der Waals surface area contributed by atoms with Crippen LogP contribution in [0.15, 0.2) is 0 Å². The van der Waals surface area contributed by atoms with Crippen molar-refractivity contribution in [2.75, 3.05) is 43.6 Å². The molecule has 2 amide bonds. The number of carbonyl (C=O) groups excluding carboxylic acids is 2. The molecule has 0 bridgehead atoms. The Morgan fingerprint density at radius 3 is 2.76 bits per heavy atom. The van der Waals surface area contributed by atoms with E-state index in [0.29, 0.717) is 30.5 Å². The van der Waals surface area contributed by atoms with Crippen molar-refractivity contribution in [3.8, 4) is 0 Å². The molecule has 1 spiro atoms. The Hall–Kier alpha value is -2.24. The van der Waals surface area contributed by atoms with Crippen molar-refractivity contribution >= 4 is 35.6 Å². The molecule has 1 aliphatic heterocycles. The molecule has 1 aromatic rings. The van der Waals surface area contributed by atoms with Gasteiger partial charge in [0.25, 0.3) is 0 Å². The minimum absolute atomic E-state index is 0.0616. The summed E-state index contributed by atoms with van der Waals surface area (Å²) < 4.78 is 15.3. The van der Waals surface area contributed by atoms with Gasteiger partial charge in [-0.3, -0.25) is 30.5 Å². The number of halogens is 2. The summed E-state index contributed by atoms with van der Waals surface area (Å²) in [5.41, 5.74) is 5.08. The highest BCUT2D eigenvalue weighted by atomic mass is 35.5. The van der Waals surface area contributed by atoms with Gasteiger partial charge in [-0.25, -0.2) is 5.06 Å². The van der Waals surface area contributed by atoms with E-state index >= 15 is 4.39 Å². The third kappa shape index (κ3) is 5.47. The number of rotatable bonds is 9. The SMILES string of the molecule is CN1CCN(c2nc(Cl)nc(NNC(=O)[C@H](CC3CCCC3)CN(O)C=O)c2F)CC12CC2. The van der Waals surface area contributed by atoms with Gasteiger partial charge in [-0.05, 0) is 43.8 Å². The average Bonchev–Trinajstić information content (AvgIpc) is 3.38. The maximum absolute atomic E-state index is 15.3. The van der Waals surface area contributed by atoms with Gasteiger partial charge in [-0.1, -0.05) is 25.7 Å². The third-order valence-corrected chi connectivity index (χ3v) is 7.40. The molecular weight excluding hydrogens is 453 g/mol. The van der Waals surface area contributed by atoms with Crippen molar-refractivity contribution in [3.63, 3.8) is 0 Å². The Morgan fingerprint density at radius 2 is 2.09 bits per heavy atom. The van der Waals surface area contributed by atoms with Crippen LogP contribution in [0.2, 0.25) is 5.28 Å². The lowest BCUT2D eigenvalue weighted by Gasteiger charge is -2.40. The summed E-state index contributed by atoms with van der Waals surface area (Å²) in [6.45, 7) is 1.91. The fourth-order valence-corrected chi connectivity index (χ4v) is 5.20. The van der Waals surface area contributed by atoms with Crippen LogP contribution in [0.1, 0.15) is 44.9 Å². The van der Waals surface area contributed by atoms with Gasteiger partial charge in [0, 0.05) is 25.2 Å². The highest BCUT2D eigenvalue weighted by Gasteiger charge is 2.50. The minimum atomic E-state index is -0.691. The molecule has 2 heterocycles. The Bertz CT molecular complexity index is 882. The van der Waals surface area contributed by atoms with Gasteiger partial charge < -0.3 is 4.90 Å². The van der Waals surface area contributed by atoms with Crippen molar-refractivity contribution in [1.29, 1.82) is 0 Å². The Balaban J connectivity index is 1.44. The van der Waals surface area contributed by atoms with Crippen molar-refractivity contribution in [1.82, 2.24) is 25.4 Å². The van der Waals surface area contributed by atoms with Gasteiger partial charge in [-0.15, -0.1) is 0 Å². The van der Waals surface area contributed by atoms with E-state index in [1.54, 1.807) is 0 Å². The van der Waals surface area contributed by atoms with E-state index in [9.17, 15) is 14.8 Å². The number of anilines is 2. The number of aromatic nitrogens is 2. The molecule has 3 fully saturated rings. The molecule has 182 valence electrons. The van der Waals surface area contributed by atoms with E-state index in [1.807, 2.05) is 4.90 Å². The zero-order valence-electron chi connectivity index (χ0n) is 18.8. The van der Waals surface area contributed by atoms with Crippen LogP contribution >= 0.6 is 11.6 Å². The molecule has 2 saturated carbocycles. The number of nitrogens with one attached hydrogen (secondary N) is 2. The lowest BCUT2D eigenvalue weighted by molar-refractivity contribution is -0.154. The largest absolute Gasteiger partial charge is 0.351 e. The van der Waals surface area contributed by atoms with Crippen molar-refractivity contribution in [2.45, 2.75) is 50.5 Å². The number of nitrogens with zero attached hydrogens (tertiary/aromatic N) is 5. The number of carbonyl (C=O) groups is 2. The lowest BCUT2D eigenvalue weighted by Crippen LogP contribution is -2.53. The highest BCUT2D eigenvalue weighted by Crippen LogP contribution is 2.44. The van der Waals surface area contributed by atoms with Crippen LogP contribution in [0.3, 0.4) is 0 Å². The van der Waals surface area contributed by atoms with E-state index in [1.165, 1.54) is 0 Å². The second-order valence-corrected chi connectivity index (χ2v) is 9.81. The number of amides is 2. The first-order valence-electron chi connectivity index (χ1n) is 11.5. The molecule has 33 heavy (non-hydrogen) atoms. The molecule has 1 saturated heterocycles. The summed E-state index contributed by atoms with van der Waals surface area (Å²) in [6.07, 6.45) is 7.15. The van der Waals surface area contributed by atoms with Crippen molar-refractivity contribution in [2.24, 2.45) is 11.8 Å². The van der Waals surface area contributed by atoms with Gasteiger partial charge >= 0.3 is 0 Å². The first-order chi connectivity index (χ1) is 15.8. The second-order valence-electron chi connectivity index (χ2n) is 9.47. The van der Waals surface area contributed by atoms with Gasteiger partial charge in [0.2, 0.25) is 23.4 Å². The molecule has 3 N–H and O–H groups in total. The Kier molecular flexibility index (Phi) is 7.20. The molecule has 1 atom stereocenters. The number of piperazine rings is 1. The summed E-state index contributed by atoms with van der Waals surface area (Å²) in [5.74, 6) is -1.57. The first kappa shape index (κ1) is 23.9. The minimum Gasteiger partial charge on any atom is -0.351 e. The maximum Gasteiger partial charge on any atom is 0.243 e. The Morgan fingerprint density at radius 1 is 1.36 bits per heavy atom. The summed E-state index contributed by atoms with van der Waals surface area (Å²) in [6, 6.07) is 0. The second kappa shape index (κ2) is 9.94. The fourth-order valence-electron chi connectivity index (χ4n) is 5.03. The van der Waals surface area contributed by atoms with Crippen LogP contribution in [0, 0.1) is 17.7 Å². The van der Waals surface area contributed by atoms with Crippen LogP contribution in [0.25, 0.3) is 0 Å². The predicted octanol–water partition coefficient (Wildman–Crippen LogP) is 2.04. The lowest BCUT2D eigenvalue weighted by atomic mass is 9.92. The van der Waals surface area contributed by atoms with Crippen molar-refractivity contribution < 1.29 is 19.2 Å². The topological polar surface area (TPSA) is 114 Å². The number of hydroxylamine groups is 2. The number of hydrazine groups is 1. The normalized spacial score (nSPS) is 21.2. The first-order valence-corrected chi connectivity index (χ1v) is 11.8. The van der Waals surface area contributed by atoms with E-state index in [4.69, 9.17) is 11.6 Å².